The van der Waals surface area contributed by atoms with Crippen LogP contribution in [0.2, 0.25) is 0 Å². The summed E-state index contributed by atoms with van der Waals surface area (Å²) in [4.78, 5) is 24.5. The summed E-state index contributed by atoms with van der Waals surface area (Å²) >= 11 is 1.58. The first kappa shape index (κ1) is 21.2. The van der Waals surface area contributed by atoms with E-state index in [4.69, 9.17) is 4.98 Å². The number of rotatable bonds is 5. The molecule has 0 fully saturated rings. The van der Waals surface area contributed by atoms with Gasteiger partial charge in [-0.3, -0.25) is 14.7 Å². The standard InChI is InChI=1S/C26H27N3OS/c1-16-9-18(3)22(19(4)10-16)13-24(30)29(15-21-7-6-8-27-14-21)26-28-25-20(5)11-17(2)12-23(25)31-26/h6-12,14H,13,15H2,1-5H3. The molecule has 0 aliphatic rings. The summed E-state index contributed by atoms with van der Waals surface area (Å²) in [5, 5.41) is 0.736. The Balaban J connectivity index is 1.74. The highest BCUT2D eigenvalue weighted by Crippen LogP contribution is 2.33. The Morgan fingerprint density at radius 1 is 0.968 bits per heavy atom. The van der Waals surface area contributed by atoms with E-state index in [1.807, 2.05) is 23.2 Å². The van der Waals surface area contributed by atoms with Gasteiger partial charge in [-0.1, -0.05) is 41.2 Å². The summed E-state index contributed by atoms with van der Waals surface area (Å²) in [5.74, 6) is 0.0485. The molecule has 4 aromatic rings. The van der Waals surface area contributed by atoms with Gasteiger partial charge in [0.15, 0.2) is 5.13 Å². The van der Waals surface area contributed by atoms with Gasteiger partial charge in [0, 0.05) is 12.4 Å². The Morgan fingerprint density at radius 2 is 1.65 bits per heavy atom. The predicted octanol–water partition coefficient (Wildman–Crippen LogP) is 6.01. The molecular formula is C26H27N3OS. The Morgan fingerprint density at radius 3 is 2.32 bits per heavy atom. The van der Waals surface area contributed by atoms with Gasteiger partial charge in [-0.2, -0.15) is 0 Å². The first-order valence-electron chi connectivity index (χ1n) is 10.5. The zero-order valence-electron chi connectivity index (χ0n) is 18.7. The Kier molecular flexibility index (Phi) is 5.88. The average molecular weight is 430 g/mol. The lowest BCUT2D eigenvalue weighted by molar-refractivity contribution is -0.118. The second kappa shape index (κ2) is 8.60. The number of amides is 1. The zero-order valence-corrected chi connectivity index (χ0v) is 19.5. The third-order valence-corrected chi connectivity index (χ3v) is 6.61. The van der Waals surface area contributed by atoms with Crippen molar-refractivity contribution < 1.29 is 4.79 Å². The molecule has 5 heteroatoms. The van der Waals surface area contributed by atoms with Crippen LogP contribution in [0.1, 0.15) is 38.9 Å². The highest BCUT2D eigenvalue weighted by atomic mass is 32.1. The van der Waals surface area contributed by atoms with Crippen LogP contribution in [0.3, 0.4) is 0 Å². The van der Waals surface area contributed by atoms with Gasteiger partial charge in [-0.25, -0.2) is 4.98 Å². The van der Waals surface area contributed by atoms with Gasteiger partial charge < -0.3 is 0 Å². The smallest absolute Gasteiger partial charge is 0.233 e. The predicted molar refractivity (Wildman–Crippen MR) is 129 cm³/mol. The monoisotopic (exact) mass is 429 g/mol. The first-order valence-corrected chi connectivity index (χ1v) is 11.3. The van der Waals surface area contributed by atoms with Gasteiger partial charge in [0.25, 0.3) is 0 Å². The van der Waals surface area contributed by atoms with E-state index in [1.165, 1.54) is 11.1 Å². The summed E-state index contributed by atoms with van der Waals surface area (Å²) in [6, 6.07) is 12.5. The number of hydrogen-bond donors (Lipinski definition) is 0. The van der Waals surface area contributed by atoms with Crippen LogP contribution < -0.4 is 4.90 Å². The van der Waals surface area contributed by atoms with E-state index in [9.17, 15) is 4.79 Å². The molecular weight excluding hydrogens is 402 g/mol. The zero-order chi connectivity index (χ0) is 22.1. The van der Waals surface area contributed by atoms with Crippen molar-refractivity contribution in [2.45, 2.75) is 47.6 Å². The molecule has 0 aliphatic carbocycles. The molecule has 31 heavy (non-hydrogen) atoms. The van der Waals surface area contributed by atoms with Crippen LogP contribution in [0.5, 0.6) is 0 Å². The first-order chi connectivity index (χ1) is 14.8. The minimum atomic E-state index is 0.0485. The van der Waals surface area contributed by atoms with Crippen molar-refractivity contribution in [2.75, 3.05) is 4.90 Å². The Hall–Kier alpha value is -3.05. The summed E-state index contributed by atoms with van der Waals surface area (Å²) < 4.78 is 1.11. The molecule has 0 bridgehead atoms. The van der Waals surface area contributed by atoms with Gasteiger partial charge in [-0.05, 0) is 80.1 Å². The molecule has 0 saturated heterocycles. The summed E-state index contributed by atoms with van der Waals surface area (Å²) in [6.45, 7) is 10.9. The van der Waals surface area contributed by atoms with E-state index in [0.717, 1.165) is 43.2 Å². The number of hydrogen-bond acceptors (Lipinski definition) is 4. The third kappa shape index (κ3) is 4.52. The average Bonchev–Trinajstić information content (AvgIpc) is 3.13. The molecule has 2 heterocycles. The molecule has 158 valence electrons. The topological polar surface area (TPSA) is 46.1 Å². The molecule has 2 aromatic heterocycles. The maximum atomic E-state index is 13.6. The molecule has 0 radical (unpaired) electrons. The largest absolute Gasteiger partial charge is 0.283 e. The van der Waals surface area contributed by atoms with Crippen LogP contribution in [-0.2, 0) is 17.8 Å². The summed E-state index contributed by atoms with van der Waals surface area (Å²) in [5.41, 5.74) is 8.92. The number of aryl methyl sites for hydroxylation is 5. The van der Waals surface area contributed by atoms with E-state index in [2.05, 4.69) is 63.9 Å². The van der Waals surface area contributed by atoms with Crippen molar-refractivity contribution in [3.8, 4) is 0 Å². The van der Waals surface area contributed by atoms with Crippen molar-refractivity contribution in [1.82, 2.24) is 9.97 Å². The minimum Gasteiger partial charge on any atom is -0.283 e. The van der Waals surface area contributed by atoms with Crippen molar-refractivity contribution in [2.24, 2.45) is 0 Å². The van der Waals surface area contributed by atoms with Crippen LogP contribution in [-0.4, -0.2) is 15.9 Å². The summed E-state index contributed by atoms with van der Waals surface area (Å²) in [7, 11) is 0. The molecule has 4 rings (SSSR count). The van der Waals surface area contributed by atoms with Crippen LogP contribution >= 0.6 is 11.3 Å². The van der Waals surface area contributed by atoms with E-state index in [1.54, 1.807) is 17.5 Å². The van der Waals surface area contributed by atoms with Crippen LogP contribution in [0.4, 0.5) is 5.13 Å². The number of pyridine rings is 1. The fourth-order valence-corrected chi connectivity index (χ4v) is 5.30. The second-order valence-corrected chi connectivity index (χ2v) is 9.33. The molecule has 4 nitrogen and oxygen atoms in total. The van der Waals surface area contributed by atoms with E-state index >= 15 is 0 Å². The van der Waals surface area contributed by atoms with Gasteiger partial charge >= 0.3 is 0 Å². The molecule has 0 atom stereocenters. The van der Waals surface area contributed by atoms with Gasteiger partial charge in [0.05, 0.1) is 23.2 Å². The molecule has 0 saturated carbocycles. The molecule has 2 aromatic carbocycles. The van der Waals surface area contributed by atoms with Crippen molar-refractivity contribution in [1.29, 1.82) is 0 Å². The number of anilines is 1. The number of benzene rings is 2. The number of nitrogens with zero attached hydrogens (tertiary/aromatic N) is 3. The minimum absolute atomic E-state index is 0.0485. The maximum absolute atomic E-state index is 13.6. The SMILES string of the molecule is Cc1cc(C)c(CC(=O)N(Cc2cccnc2)c2nc3c(C)cc(C)cc3s2)c(C)c1. The number of fused-ring (bicyclic) bond motifs is 1. The van der Waals surface area contributed by atoms with E-state index < -0.39 is 0 Å². The molecule has 0 N–H and O–H groups in total. The highest BCUT2D eigenvalue weighted by molar-refractivity contribution is 7.22. The lowest BCUT2D eigenvalue weighted by Crippen LogP contribution is -2.32. The molecule has 0 spiro atoms. The van der Waals surface area contributed by atoms with Crippen molar-refractivity contribution in [3.63, 3.8) is 0 Å². The van der Waals surface area contributed by atoms with Gasteiger partial charge in [0.2, 0.25) is 5.91 Å². The lowest BCUT2D eigenvalue weighted by atomic mass is 9.97. The van der Waals surface area contributed by atoms with E-state index in [0.29, 0.717) is 13.0 Å². The van der Waals surface area contributed by atoms with Crippen molar-refractivity contribution in [3.05, 3.63) is 87.7 Å². The Labute approximate surface area is 187 Å². The normalized spacial score (nSPS) is 11.1. The van der Waals surface area contributed by atoms with Gasteiger partial charge in [-0.15, -0.1) is 0 Å². The maximum Gasteiger partial charge on any atom is 0.233 e. The lowest BCUT2D eigenvalue weighted by Gasteiger charge is -2.21. The third-order valence-electron chi connectivity index (χ3n) is 5.58. The molecule has 0 aliphatic heterocycles. The fraction of sp³-hybridized carbons (Fsp3) is 0.269. The second-order valence-electron chi connectivity index (χ2n) is 8.32. The van der Waals surface area contributed by atoms with Gasteiger partial charge in [0.1, 0.15) is 0 Å². The number of thiazole rings is 1. The quantitative estimate of drug-likeness (QED) is 0.390. The van der Waals surface area contributed by atoms with Crippen LogP contribution in [0.25, 0.3) is 10.2 Å². The van der Waals surface area contributed by atoms with Crippen molar-refractivity contribution >= 4 is 32.6 Å². The van der Waals surface area contributed by atoms with E-state index in [-0.39, 0.29) is 5.91 Å². The molecule has 0 unspecified atom stereocenters. The molecule has 1 amide bonds. The Bertz CT molecular complexity index is 1240. The summed E-state index contributed by atoms with van der Waals surface area (Å²) in [6.07, 6.45) is 3.91. The number of carbonyl (C=O) groups is 1. The van der Waals surface area contributed by atoms with Crippen LogP contribution in [0.15, 0.2) is 48.8 Å². The number of carbonyl (C=O) groups excluding carboxylic acids is 1. The fourth-order valence-electron chi connectivity index (χ4n) is 4.15. The van der Waals surface area contributed by atoms with Crippen LogP contribution in [0, 0.1) is 34.6 Å². The number of aromatic nitrogens is 2. The highest BCUT2D eigenvalue weighted by Gasteiger charge is 2.22.